The Labute approximate surface area is 248 Å². The Hall–Kier alpha value is -3.86. The summed E-state index contributed by atoms with van der Waals surface area (Å²) in [4.78, 5) is 71.6. The van der Waals surface area contributed by atoms with E-state index in [0.717, 1.165) is 46.6 Å². The summed E-state index contributed by atoms with van der Waals surface area (Å²) >= 11 is 0.729. The number of carbonyl (C=O) groups is 6. The van der Waals surface area contributed by atoms with E-state index in [1.54, 1.807) is 35.6 Å². The molecule has 1 unspecified atom stereocenters. The molecule has 1 N–H and O–H groups in total. The van der Waals surface area contributed by atoms with Crippen molar-refractivity contribution in [1.82, 2.24) is 5.32 Å². The van der Waals surface area contributed by atoms with Gasteiger partial charge in [0.2, 0.25) is 4.93 Å². The van der Waals surface area contributed by atoms with Crippen LogP contribution in [0.15, 0.2) is 35.2 Å². The minimum Gasteiger partial charge on any atom is -0.466 e. The number of methoxy groups -OCH3 is 1. The summed E-state index contributed by atoms with van der Waals surface area (Å²) in [7, 11) is 0.998. The maximum atomic E-state index is 13.4. The van der Waals surface area contributed by atoms with Crippen molar-refractivity contribution in [1.29, 1.82) is 0 Å². The largest absolute Gasteiger partial charge is 0.471 e. The van der Waals surface area contributed by atoms with Gasteiger partial charge in [-0.3, -0.25) is 24.0 Å². The first kappa shape index (κ1) is 35.3. The fourth-order valence-corrected chi connectivity index (χ4v) is 5.43. The lowest BCUT2D eigenvalue weighted by atomic mass is 9.89. The van der Waals surface area contributed by atoms with Crippen molar-refractivity contribution in [2.75, 3.05) is 13.7 Å². The molecular formula is C26H30F3NO12S. The minimum absolute atomic E-state index is 0.395. The Morgan fingerprint density at radius 1 is 0.977 bits per heavy atom. The zero-order chi connectivity index (χ0) is 32.5. The molecule has 1 aliphatic heterocycles. The quantitative estimate of drug-likeness (QED) is 0.276. The number of alkyl halides is 3. The van der Waals surface area contributed by atoms with Gasteiger partial charge in [0.05, 0.1) is 13.2 Å². The van der Waals surface area contributed by atoms with Gasteiger partial charge < -0.3 is 33.7 Å². The molecule has 1 aromatic rings. The summed E-state index contributed by atoms with van der Waals surface area (Å²) in [5.41, 5.74) is 0. The van der Waals surface area contributed by atoms with Gasteiger partial charge in [0, 0.05) is 39.0 Å². The first-order valence-electron chi connectivity index (χ1n) is 12.5. The Morgan fingerprint density at radius 3 is 2.07 bits per heavy atom. The molecule has 1 aromatic carbocycles. The SMILES string of the molecule is COC(=O)C1(Sc2ccccc2)C[C@H](OC(C)=O)[C@@H](NC(=O)C(F)(F)F)[C@H]([C@@H](OC(C)=O)[C@@H](COC(C)=O)OC(C)=O)O1. The number of rotatable bonds is 11. The summed E-state index contributed by atoms with van der Waals surface area (Å²) in [6.07, 6.45) is -13.5. The molecule has 0 saturated carbocycles. The van der Waals surface area contributed by atoms with Crippen molar-refractivity contribution in [3.63, 3.8) is 0 Å². The number of halogens is 3. The van der Waals surface area contributed by atoms with Crippen LogP contribution in [-0.2, 0) is 57.2 Å². The molecule has 1 amide bonds. The smallest absolute Gasteiger partial charge is 0.466 e. The fraction of sp³-hybridized carbons (Fsp3) is 0.538. The van der Waals surface area contributed by atoms with E-state index >= 15 is 0 Å². The Kier molecular flexibility index (Phi) is 12.4. The number of benzene rings is 1. The van der Waals surface area contributed by atoms with Gasteiger partial charge in [-0.1, -0.05) is 30.0 Å². The third kappa shape index (κ3) is 10.1. The first-order valence-corrected chi connectivity index (χ1v) is 13.3. The number of thioether (sulfide) groups is 1. The number of esters is 5. The van der Waals surface area contributed by atoms with Crippen molar-refractivity contribution < 1.29 is 70.4 Å². The predicted octanol–water partition coefficient (Wildman–Crippen LogP) is 1.84. The molecular weight excluding hydrogens is 607 g/mol. The third-order valence-corrected chi connectivity index (χ3v) is 6.97. The van der Waals surface area contributed by atoms with Crippen molar-refractivity contribution in [3.05, 3.63) is 30.3 Å². The van der Waals surface area contributed by atoms with E-state index in [4.69, 9.17) is 28.4 Å². The van der Waals surface area contributed by atoms with Gasteiger partial charge in [0.25, 0.3) is 0 Å². The summed E-state index contributed by atoms with van der Waals surface area (Å²) in [5, 5.41) is 1.68. The Bertz CT molecular complexity index is 1200. The Balaban J connectivity index is 2.83. The summed E-state index contributed by atoms with van der Waals surface area (Å²) < 4.78 is 72.1. The topological polar surface area (TPSA) is 170 Å². The molecule has 2 rings (SSSR count). The molecule has 1 fully saturated rings. The highest BCUT2D eigenvalue weighted by Crippen LogP contribution is 2.46. The highest BCUT2D eigenvalue weighted by molar-refractivity contribution is 8.01. The van der Waals surface area contributed by atoms with Gasteiger partial charge in [0.1, 0.15) is 18.8 Å². The van der Waals surface area contributed by atoms with Crippen molar-refractivity contribution in [2.24, 2.45) is 0 Å². The molecule has 238 valence electrons. The van der Waals surface area contributed by atoms with E-state index in [2.05, 4.69) is 0 Å². The summed E-state index contributed by atoms with van der Waals surface area (Å²) in [6, 6.07) is 6.06. The number of hydrogen-bond donors (Lipinski definition) is 1. The van der Waals surface area contributed by atoms with E-state index in [0.29, 0.717) is 4.90 Å². The van der Waals surface area contributed by atoms with E-state index in [-0.39, 0.29) is 0 Å². The van der Waals surface area contributed by atoms with Crippen LogP contribution in [0.25, 0.3) is 0 Å². The molecule has 0 aromatic heterocycles. The minimum atomic E-state index is -5.44. The second kappa shape index (κ2) is 15.0. The van der Waals surface area contributed by atoms with Gasteiger partial charge in [-0.2, -0.15) is 13.2 Å². The zero-order valence-corrected chi connectivity index (χ0v) is 24.4. The third-order valence-electron chi connectivity index (χ3n) is 5.71. The van der Waals surface area contributed by atoms with Gasteiger partial charge in [-0.25, -0.2) is 4.79 Å². The number of nitrogens with one attached hydrogen (secondary N) is 1. The average molecular weight is 638 g/mol. The molecule has 17 heteroatoms. The maximum Gasteiger partial charge on any atom is 0.471 e. The van der Waals surface area contributed by atoms with Crippen LogP contribution in [-0.4, -0.2) is 91.0 Å². The van der Waals surface area contributed by atoms with E-state index in [1.165, 1.54) is 0 Å². The average Bonchev–Trinajstić information content (AvgIpc) is 2.89. The van der Waals surface area contributed by atoms with Crippen LogP contribution in [0.3, 0.4) is 0 Å². The number of amides is 1. The molecule has 1 heterocycles. The van der Waals surface area contributed by atoms with E-state index in [9.17, 15) is 41.9 Å². The number of hydrogen-bond acceptors (Lipinski definition) is 13. The van der Waals surface area contributed by atoms with Crippen LogP contribution in [0.2, 0.25) is 0 Å². The fourth-order valence-electron chi connectivity index (χ4n) is 4.18. The zero-order valence-electron chi connectivity index (χ0n) is 23.6. The van der Waals surface area contributed by atoms with E-state index in [1.807, 2.05) is 0 Å². The summed E-state index contributed by atoms with van der Waals surface area (Å²) in [6.45, 7) is 3.00. The lowest BCUT2D eigenvalue weighted by molar-refractivity contribution is -0.226. The monoisotopic (exact) mass is 637 g/mol. The van der Waals surface area contributed by atoms with Crippen LogP contribution in [0.4, 0.5) is 13.2 Å². The molecule has 43 heavy (non-hydrogen) atoms. The molecule has 13 nitrogen and oxygen atoms in total. The predicted molar refractivity (Wildman–Crippen MR) is 138 cm³/mol. The standard InChI is InChI=1S/C26H30F3NO12S/c1-13(31)38-12-19(40-15(3)33)21(41-16(4)34)22-20(30-23(35)26(27,28)29)18(39-14(2)32)11-25(42-22,24(36)37-5)43-17-9-7-6-8-10-17/h6-10,18-22H,11-12H2,1-5H3,(H,30,35)/t18-,19+,20+,21-,22+,25?/m0/s1. The highest BCUT2D eigenvalue weighted by atomic mass is 32.2. The Morgan fingerprint density at radius 2 is 1.58 bits per heavy atom. The second-order valence-electron chi connectivity index (χ2n) is 9.12. The van der Waals surface area contributed by atoms with Crippen LogP contribution in [0.1, 0.15) is 34.1 Å². The second-order valence-corrected chi connectivity index (χ2v) is 10.5. The highest BCUT2D eigenvalue weighted by Gasteiger charge is 2.60. The van der Waals surface area contributed by atoms with Crippen LogP contribution >= 0.6 is 11.8 Å². The van der Waals surface area contributed by atoms with Crippen molar-refractivity contribution in [3.8, 4) is 0 Å². The molecule has 0 aliphatic carbocycles. The summed E-state index contributed by atoms with van der Waals surface area (Å²) in [5.74, 6) is -7.52. The lowest BCUT2D eigenvalue weighted by Gasteiger charge is -2.48. The molecule has 0 radical (unpaired) electrons. The number of carbonyl (C=O) groups excluding carboxylic acids is 6. The maximum absolute atomic E-state index is 13.4. The van der Waals surface area contributed by atoms with Gasteiger partial charge >= 0.3 is 41.9 Å². The van der Waals surface area contributed by atoms with Crippen molar-refractivity contribution in [2.45, 2.75) is 80.6 Å². The molecule has 1 aliphatic rings. The van der Waals surface area contributed by atoms with Gasteiger partial charge in [-0.05, 0) is 12.1 Å². The lowest BCUT2D eigenvalue weighted by Crippen LogP contribution is -2.68. The van der Waals surface area contributed by atoms with Crippen LogP contribution < -0.4 is 5.32 Å². The molecule has 0 bridgehead atoms. The number of ether oxygens (including phenoxy) is 6. The van der Waals surface area contributed by atoms with Crippen LogP contribution in [0.5, 0.6) is 0 Å². The molecule has 6 atom stereocenters. The first-order chi connectivity index (χ1) is 20.0. The van der Waals surface area contributed by atoms with Gasteiger partial charge in [0.15, 0.2) is 12.2 Å². The van der Waals surface area contributed by atoms with E-state index < -0.39 is 90.3 Å². The normalized spacial score (nSPS) is 23.1. The van der Waals surface area contributed by atoms with Crippen molar-refractivity contribution >= 4 is 47.5 Å². The molecule has 0 spiro atoms. The molecule has 1 saturated heterocycles. The van der Waals surface area contributed by atoms with Crippen LogP contribution in [0, 0.1) is 0 Å². The van der Waals surface area contributed by atoms with Gasteiger partial charge in [-0.15, -0.1) is 0 Å².